The molecule has 0 bridgehead atoms. The van der Waals surface area contributed by atoms with Crippen LogP contribution in [0.25, 0.3) is 0 Å². The van der Waals surface area contributed by atoms with E-state index >= 15 is 0 Å². The van der Waals surface area contributed by atoms with Gasteiger partial charge in [0.15, 0.2) is 0 Å². The number of carbonyl (C=O) groups is 3. The number of aliphatic carboxylic acids is 2. The van der Waals surface area contributed by atoms with Gasteiger partial charge in [-0.1, -0.05) is 12.1 Å². The Hall–Kier alpha value is -4.68. The van der Waals surface area contributed by atoms with E-state index < -0.39 is 17.2 Å². The monoisotopic (exact) mass is 624 g/mol. The molecule has 0 aliphatic carbocycles. The summed E-state index contributed by atoms with van der Waals surface area (Å²) < 4.78 is 22.6. The van der Waals surface area contributed by atoms with Crippen LogP contribution in [0.2, 0.25) is 0 Å². The molecular formula is C32H36N2O9S. The second kappa shape index (κ2) is 17.4. The van der Waals surface area contributed by atoms with Gasteiger partial charge in [-0.05, 0) is 68.1 Å². The summed E-state index contributed by atoms with van der Waals surface area (Å²) in [5.74, 6) is 0.460. The maximum absolute atomic E-state index is 12.9. The van der Waals surface area contributed by atoms with Crippen molar-refractivity contribution in [1.82, 2.24) is 4.90 Å². The summed E-state index contributed by atoms with van der Waals surface area (Å²) >= 11 is 1.53. The number of benzene rings is 3. The first-order valence-corrected chi connectivity index (χ1v) is 14.5. The molecule has 0 saturated heterocycles. The SMILES string of the molecule is COc1ccc(OCCN(C)CCCOc2ccc(OC)cc2C2Sc3ccccc3NC2=O)cc1.O=C(O)/C=C/C(=O)O. The number of hydrogen-bond acceptors (Lipinski definition) is 9. The number of nitrogens with one attached hydrogen (secondary N) is 1. The molecule has 3 aromatic rings. The molecule has 0 spiro atoms. The average Bonchev–Trinajstić information content (AvgIpc) is 3.02. The number of para-hydroxylation sites is 1. The Bertz CT molecular complexity index is 1410. The lowest BCUT2D eigenvalue weighted by Gasteiger charge is -2.26. The molecule has 1 aliphatic heterocycles. The maximum atomic E-state index is 12.9. The Morgan fingerprint density at radius 2 is 1.50 bits per heavy atom. The van der Waals surface area contributed by atoms with E-state index in [-0.39, 0.29) is 5.91 Å². The molecule has 0 radical (unpaired) electrons. The van der Waals surface area contributed by atoms with E-state index in [4.69, 9.17) is 29.2 Å². The van der Waals surface area contributed by atoms with Gasteiger partial charge in [0.05, 0.1) is 26.5 Å². The third-order valence-electron chi connectivity index (χ3n) is 6.24. The summed E-state index contributed by atoms with van der Waals surface area (Å²) in [5, 5.41) is 18.2. The number of methoxy groups -OCH3 is 2. The van der Waals surface area contributed by atoms with Crippen LogP contribution in [0, 0.1) is 0 Å². The number of ether oxygens (including phenoxy) is 4. The van der Waals surface area contributed by atoms with Crippen LogP contribution in [-0.2, 0) is 14.4 Å². The van der Waals surface area contributed by atoms with E-state index in [1.807, 2.05) is 66.7 Å². The number of likely N-dealkylation sites (N-methyl/N-ethyl adjacent to an activating group) is 1. The molecule has 234 valence electrons. The lowest BCUT2D eigenvalue weighted by Crippen LogP contribution is -2.26. The van der Waals surface area contributed by atoms with Crippen LogP contribution in [0.5, 0.6) is 23.0 Å². The first kappa shape index (κ1) is 33.8. The molecule has 4 rings (SSSR count). The second-order valence-electron chi connectivity index (χ2n) is 9.43. The van der Waals surface area contributed by atoms with Gasteiger partial charge in [-0.15, -0.1) is 11.8 Å². The lowest BCUT2D eigenvalue weighted by atomic mass is 10.1. The van der Waals surface area contributed by atoms with E-state index in [0.717, 1.165) is 47.2 Å². The molecule has 44 heavy (non-hydrogen) atoms. The maximum Gasteiger partial charge on any atom is 0.328 e. The first-order chi connectivity index (χ1) is 21.2. The zero-order chi connectivity index (χ0) is 31.9. The summed E-state index contributed by atoms with van der Waals surface area (Å²) in [5.41, 5.74) is 1.65. The van der Waals surface area contributed by atoms with Gasteiger partial charge < -0.3 is 39.4 Å². The van der Waals surface area contributed by atoms with Crippen LogP contribution in [-0.4, -0.2) is 80.5 Å². The number of rotatable bonds is 14. The average molecular weight is 625 g/mol. The number of carbonyl (C=O) groups excluding carboxylic acids is 1. The molecular weight excluding hydrogens is 588 g/mol. The highest BCUT2D eigenvalue weighted by Crippen LogP contribution is 2.46. The van der Waals surface area contributed by atoms with Gasteiger partial charge >= 0.3 is 11.9 Å². The highest BCUT2D eigenvalue weighted by atomic mass is 32.2. The van der Waals surface area contributed by atoms with E-state index in [1.165, 1.54) is 11.8 Å². The number of thioether (sulfide) groups is 1. The molecule has 1 unspecified atom stereocenters. The molecule has 0 saturated carbocycles. The van der Waals surface area contributed by atoms with Crippen molar-refractivity contribution in [3.63, 3.8) is 0 Å². The van der Waals surface area contributed by atoms with Crippen molar-refractivity contribution < 1.29 is 43.5 Å². The largest absolute Gasteiger partial charge is 0.497 e. The Kier molecular flexibility index (Phi) is 13.4. The lowest BCUT2D eigenvalue weighted by molar-refractivity contribution is -0.134. The number of anilines is 1. The fourth-order valence-corrected chi connectivity index (χ4v) is 5.14. The van der Waals surface area contributed by atoms with Crippen LogP contribution in [0.1, 0.15) is 17.2 Å². The third-order valence-corrected chi connectivity index (χ3v) is 7.55. The smallest absolute Gasteiger partial charge is 0.328 e. The van der Waals surface area contributed by atoms with Crippen LogP contribution < -0.4 is 24.3 Å². The number of hydrogen-bond donors (Lipinski definition) is 3. The number of carboxylic acids is 2. The van der Waals surface area contributed by atoms with Crippen molar-refractivity contribution in [2.24, 2.45) is 0 Å². The topological polar surface area (TPSA) is 144 Å². The zero-order valence-electron chi connectivity index (χ0n) is 24.7. The van der Waals surface area contributed by atoms with Crippen molar-refractivity contribution in [2.75, 3.05) is 52.9 Å². The molecule has 0 aromatic heterocycles. The Morgan fingerprint density at radius 1 is 0.864 bits per heavy atom. The van der Waals surface area contributed by atoms with Crippen molar-refractivity contribution in [3.05, 3.63) is 84.4 Å². The molecule has 12 heteroatoms. The van der Waals surface area contributed by atoms with Gasteiger partial charge in [0, 0.05) is 35.7 Å². The number of fused-ring (bicyclic) bond motifs is 1. The van der Waals surface area contributed by atoms with Crippen LogP contribution in [0.4, 0.5) is 5.69 Å². The van der Waals surface area contributed by atoms with Gasteiger partial charge in [0.25, 0.3) is 0 Å². The molecule has 3 N–H and O–H groups in total. The molecule has 1 aliphatic rings. The predicted octanol–water partition coefficient (Wildman–Crippen LogP) is 4.98. The summed E-state index contributed by atoms with van der Waals surface area (Å²) in [4.78, 5) is 35.3. The van der Waals surface area contributed by atoms with Gasteiger partial charge in [-0.25, -0.2) is 9.59 Å². The molecule has 1 heterocycles. The Morgan fingerprint density at radius 3 is 2.16 bits per heavy atom. The third kappa shape index (κ3) is 10.9. The van der Waals surface area contributed by atoms with Gasteiger partial charge in [-0.2, -0.15) is 0 Å². The van der Waals surface area contributed by atoms with Crippen LogP contribution in [0.3, 0.4) is 0 Å². The second-order valence-corrected chi connectivity index (χ2v) is 10.6. The molecule has 11 nitrogen and oxygen atoms in total. The van der Waals surface area contributed by atoms with E-state index in [0.29, 0.717) is 36.9 Å². The molecule has 0 fully saturated rings. The summed E-state index contributed by atoms with van der Waals surface area (Å²) in [6, 6.07) is 21.0. The van der Waals surface area contributed by atoms with Crippen molar-refractivity contribution in [3.8, 4) is 23.0 Å². The standard InChI is InChI=1S/C28H32N2O5S.C4H4O4/c1-30(16-18-34-21-11-9-20(32-2)10-12-21)15-6-17-35-25-14-13-22(33-3)19-23(25)27-28(31)29-24-7-4-5-8-26(24)36-27;5-3(6)1-2-4(7)8/h4-5,7-14,19,27H,6,15-18H2,1-3H3,(H,29,31);1-2H,(H,5,6)(H,7,8)/b;2-1+. The van der Waals surface area contributed by atoms with Gasteiger partial charge in [-0.3, -0.25) is 4.79 Å². The van der Waals surface area contributed by atoms with Crippen molar-refractivity contribution in [2.45, 2.75) is 16.6 Å². The van der Waals surface area contributed by atoms with E-state index in [1.54, 1.807) is 14.2 Å². The fraction of sp³-hybridized carbons (Fsp3) is 0.281. The minimum absolute atomic E-state index is 0.0617. The minimum Gasteiger partial charge on any atom is -0.497 e. The van der Waals surface area contributed by atoms with Crippen LogP contribution >= 0.6 is 11.8 Å². The van der Waals surface area contributed by atoms with Crippen molar-refractivity contribution in [1.29, 1.82) is 0 Å². The number of nitrogens with zero attached hydrogens (tertiary/aromatic N) is 1. The molecule has 3 aromatic carbocycles. The summed E-state index contributed by atoms with van der Waals surface area (Å²) in [6.07, 6.45) is 1.96. The van der Waals surface area contributed by atoms with E-state index in [2.05, 4.69) is 17.3 Å². The fourth-order valence-electron chi connectivity index (χ4n) is 4.01. The molecule has 1 amide bonds. The van der Waals surface area contributed by atoms with Crippen LogP contribution in [0.15, 0.2) is 83.8 Å². The number of carboxylic acid groups (broad SMARTS) is 2. The highest BCUT2D eigenvalue weighted by molar-refractivity contribution is 8.00. The van der Waals surface area contributed by atoms with Crippen molar-refractivity contribution >= 4 is 35.3 Å². The minimum atomic E-state index is -1.26. The Balaban J connectivity index is 0.000000583. The normalized spacial score (nSPS) is 13.7. The summed E-state index contributed by atoms with van der Waals surface area (Å²) in [7, 11) is 5.34. The summed E-state index contributed by atoms with van der Waals surface area (Å²) in [6.45, 7) is 2.81. The number of amides is 1. The molecule has 1 atom stereocenters. The predicted molar refractivity (Wildman–Crippen MR) is 167 cm³/mol. The zero-order valence-corrected chi connectivity index (χ0v) is 25.5. The van der Waals surface area contributed by atoms with Gasteiger partial charge in [0.1, 0.15) is 34.9 Å². The van der Waals surface area contributed by atoms with Gasteiger partial charge in [0.2, 0.25) is 5.91 Å². The van der Waals surface area contributed by atoms with E-state index in [9.17, 15) is 14.4 Å². The Labute approximate surface area is 260 Å². The highest BCUT2D eigenvalue weighted by Gasteiger charge is 2.31. The first-order valence-electron chi connectivity index (χ1n) is 13.7. The quantitative estimate of drug-likeness (QED) is 0.165.